The molecule has 2 aromatic carbocycles. The largest absolute Gasteiger partial charge is 0.497 e. The fourth-order valence-electron chi connectivity index (χ4n) is 3.84. The lowest BCUT2D eigenvalue weighted by Crippen LogP contribution is -2.44. The number of piperidine rings is 1. The van der Waals surface area contributed by atoms with Crippen molar-refractivity contribution in [3.05, 3.63) is 59.9 Å². The van der Waals surface area contributed by atoms with Crippen LogP contribution in [0.15, 0.2) is 48.5 Å². The van der Waals surface area contributed by atoms with Gasteiger partial charge in [-0.25, -0.2) is 4.39 Å². The molecule has 0 unspecified atom stereocenters. The third-order valence-electron chi connectivity index (χ3n) is 5.57. The Balaban J connectivity index is 1.68. The summed E-state index contributed by atoms with van der Waals surface area (Å²) in [5, 5.41) is 3.04. The number of nitrogens with zero attached hydrogens (tertiary/aromatic N) is 1. The third-order valence-corrected chi connectivity index (χ3v) is 5.57. The van der Waals surface area contributed by atoms with Crippen molar-refractivity contribution < 1.29 is 18.7 Å². The lowest BCUT2D eigenvalue weighted by atomic mass is 10.0. The van der Waals surface area contributed by atoms with Crippen LogP contribution in [0.5, 0.6) is 11.5 Å². The zero-order chi connectivity index (χ0) is 21.3. The number of methoxy groups -OCH3 is 1. The number of nitrogens with one attached hydrogen (secondary N) is 1. The van der Waals surface area contributed by atoms with Crippen LogP contribution in [0.25, 0.3) is 0 Å². The van der Waals surface area contributed by atoms with Gasteiger partial charge in [-0.1, -0.05) is 37.6 Å². The summed E-state index contributed by atoms with van der Waals surface area (Å²) in [7, 11) is 1.65. The summed E-state index contributed by atoms with van der Waals surface area (Å²) in [6.07, 6.45) is 3.28. The summed E-state index contributed by atoms with van der Waals surface area (Å²) in [5.41, 5.74) is 1.14. The van der Waals surface area contributed by atoms with E-state index in [2.05, 4.69) is 22.3 Å². The predicted octanol–water partition coefficient (Wildman–Crippen LogP) is 4.34. The highest BCUT2D eigenvalue weighted by molar-refractivity contribution is 5.81. The number of ether oxygens (including phenoxy) is 2. The van der Waals surface area contributed by atoms with Gasteiger partial charge in [0.05, 0.1) is 13.2 Å². The molecular weight excluding hydrogens is 383 g/mol. The van der Waals surface area contributed by atoms with Gasteiger partial charge in [0.2, 0.25) is 0 Å². The highest BCUT2D eigenvalue weighted by Gasteiger charge is 2.25. The molecule has 1 amide bonds. The minimum Gasteiger partial charge on any atom is -0.497 e. The van der Waals surface area contributed by atoms with E-state index in [-0.39, 0.29) is 17.7 Å². The van der Waals surface area contributed by atoms with E-state index in [0.717, 1.165) is 37.2 Å². The first-order chi connectivity index (χ1) is 14.6. The summed E-state index contributed by atoms with van der Waals surface area (Å²) in [6.45, 7) is 4.35. The van der Waals surface area contributed by atoms with Crippen molar-refractivity contribution in [3.63, 3.8) is 0 Å². The van der Waals surface area contributed by atoms with Crippen molar-refractivity contribution in [2.24, 2.45) is 0 Å². The highest BCUT2D eigenvalue weighted by atomic mass is 19.1. The number of carbonyl (C=O) groups excluding carboxylic acids is 1. The molecule has 30 heavy (non-hydrogen) atoms. The maximum absolute atomic E-state index is 13.9. The molecule has 162 valence electrons. The Kier molecular flexibility index (Phi) is 8.08. The molecule has 2 aromatic rings. The van der Waals surface area contributed by atoms with Crippen molar-refractivity contribution in [2.45, 2.75) is 44.8 Å². The van der Waals surface area contributed by atoms with E-state index in [4.69, 9.17) is 9.47 Å². The number of likely N-dealkylation sites (tertiary alicyclic amines) is 1. The van der Waals surface area contributed by atoms with E-state index in [9.17, 15) is 9.18 Å². The van der Waals surface area contributed by atoms with Crippen molar-refractivity contribution in [1.29, 1.82) is 0 Å². The van der Waals surface area contributed by atoms with E-state index >= 15 is 0 Å². The first-order valence-electron chi connectivity index (χ1n) is 10.7. The van der Waals surface area contributed by atoms with Crippen molar-refractivity contribution in [2.75, 3.05) is 26.7 Å². The van der Waals surface area contributed by atoms with Gasteiger partial charge in [0.25, 0.3) is 5.91 Å². The molecular formula is C24H31FN2O3. The lowest BCUT2D eigenvalue weighted by Gasteiger charge is -2.35. The number of carbonyl (C=O) groups is 1. The summed E-state index contributed by atoms with van der Waals surface area (Å²) in [6, 6.07) is 14.2. The van der Waals surface area contributed by atoms with Crippen LogP contribution in [0.1, 0.15) is 44.2 Å². The number of halogens is 1. The summed E-state index contributed by atoms with van der Waals surface area (Å²) >= 11 is 0. The summed E-state index contributed by atoms with van der Waals surface area (Å²) in [5.74, 6) is 0.219. The monoisotopic (exact) mass is 414 g/mol. The second-order valence-corrected chi connectivity index (χ2v) is 7.58. The zero-order valence-corrected chi connectivity index (χ0v) is 17.8. The lowest BCUT2D eigenvalue weighted by molar-refractivity contribution is -0.128. The third kappa shape index (κ3) is 5.72. The van der Waals surface area contributed by atoms with E-state index in [1.54, 1.807) is 25.3 Å². The first kappa shape index (κ1) is 22.1. The minimum atomic E-state index is -0.736. The van der Waals surface area contributed by atoms with Crippen molar-refractivity contribution in [3.8, 4) is 11.5 Å². The first-order valence-corrected chi connectivity index (χ1v) is 10.7. The van der Waals surface area contributed by atoms with Gasteiger partial charge >= 0.3 is 0 Å². The molecule has 0 bridgehead atoms. The number of hydrogen-bond donors (Lipinski definition) is 1. The molecule has 1 heterocycles. The predicted molar refractivity (Wildman–Crippen MR) is 115 cm³/mol. The van der Waals surface area contributed by atoms with Gasteiger partial charge in [0, 0.05) is 6.54 Å². The van der Waals surface area contributed by atoms with Gasteiger partial charge in [0.15, 0.2) is 17.7 Å². The molecule has 0 radical (unpaired) electrons. The maximum Gasteiger partial charge on any atom is 0.261 e. The summed E-state index contributed by atoms with van der Waals surface area (Å²) in [4.78, 5) is 15.2. The van der Waals surface area contributed by atoms with Crippen LogP contribution in [-0.4, -0.2) is 43.7 Å². The fourth-order valence-corrected chi connectivity index (χ4v) is 3.84. The molecule has 0 spiro atoms. The van der Waals surface area contributed by atoms with E-state index in [1.807, 2.05) is 19.1 Å². The molecule has 1 N–H and O–H groups in total. The van der Waals surface area contributed by atoms with Crippen LogP contribution in [0.4, 0.5) is 4.39 Å². The standard InChI is InChI=1S/C24H31FN2O3/c1-3-22(30-23-10-6-5-9-20(23)25)24(28)26-17-21(27-15-7-4-8-16-27)18-11-13-19(29-2)14-12-18/h5-6,9-14,21-22H,3-4,7-8,15-17H2,1-2H3,(H,26,28)/t21-,22-/m0/s1. The molecule has 5 nitrogen and oxygen atoms in total. The van der Waals surface area contributed by atoms with Crippen molar-refractivity contribution >= 4 is 5.91 Å². The normalized spacial score (nSPS) is 16.5. The number of amides is 1. The van der Waals surface area contributed by atoms with Crippen LogP contribution >= 0.6 is 0 Å². The molecule has 6 heteroatoms. The molecule has 1 aliphatic heterocycles. The van der Waals surface area contributed by atoms with Gasteiger partial charge in [-0.15, -0.1) is 0 Å². The smallest absolute Gasteiger partial charge is 0.261 e. The molecule has 2 atom stereocenters. The average molecular weight is 415 g/mol. The quantitative estimate of drug-likeness (QED) is 0.663. The topological polar surface area (TPSA) is 50.8 Å². The van der Waals surface area contributed by atoms with Crippen LogP contribution < -0.4 is 14.8 Å². The molecule has 1 saturated heterocycles. The highest BCUT2D eigenvalue weighted by Crippen LogP contribution is 2.26. The van der Waals surface area contributed by atoms with Gasteiger partial charge < -0.3 is 14.8 Å². The van der Waals surface area contributed by atoms with E-state index in [0.29, 0.717) is 13.0 Å². The zero-order valence-electron chi connectivity index (χ0n) is 17.8. The van der Waals surface area contributed by atoms with E-state index < -0.39 is 11.9 Å². The molecule has 1 aliphatic rings. The second kappa shape index (κ2) is 11.0. The Labute approximate surface area is 178 Å². The second-order valence-electron chi connectivity index (χ2n) is 7.58. The maximum atomic E-state index is 13.9. The SMILES string of the molecule is CC[C@H](Oc1ccccc1F)C(=O)NC[C@@H](c1ccc(OC)cc1)N1CCCCC1. The minimum absolute atomic E-state index is 0.0751. The van der Waals surface area contributed by atoms with Crippen LogP contribution in [-0.2, 0) is 4.79 Å². The van der Waals surface area contributed by atoms with Gasteiger partial charge in [-0.05, 0) is 62.2 Å². The Hall–Kier alpha value is -2.60. The molecule has 3 rings (SSSR count). The van der Waals surface area contributed by atoms with Gasteiger partial charge in [-0.3, -0.25) is 9.69 Å². The summed E-state index contributed by atoms with van der Waals surface area (Å²) < 4.78 is 24.8. The van der Waals surface area contributed by atoms with Crippen molar-refractivity contribution in [1.82, 2.24) is 10.2 Å². The fraction of sp³-hybridized carbons (Fsp3) is 0.458. The Morgan fingerprint density at radius 2 is 1.80 bits per heavy atom. The molecule has 0 aliphatic carbocycles. The number of rotatable bonds is 9. The Morgan fingerprint density at radius 3 is 2.43 bits per heavy atom. The van der Waals surface area contributed by atoms with Crippen LogP contribution in [0.2, 0.25) is 0 Å². The van der Waals surface area contributed by atoms with E-state index in [1.165, 1.54) is 12.5 Å². The van der Waals surface area contributed by atoms with Crippen LogP contribution in [0, 0.1) is 5.82 Å². The average Bonchev–Trinajstić information content (AvgIpc) is 2.79. The molecule has 0 aromatic heterocycles. The van der Waals surface area contributed by atoms with Crippen LogP contribution in [0.3, 0.4) is 0 Å². The Morgan fingerprint density at radius 1 is 1.10 bits per heavy atom. The number of hydrogen-bond acceptors (Lipinski definition) is 4. The number of para-hydroxylation sites is 1. The molecule has 1 fully saturated rings. The Bertz CT molecular complexity index is 806. The number of benzene rings is 2. The van der Waals surface area contributed by atoms with Gasteiger partial charge in [-0.2, -0.15) is 0 Å². The van der Waals surface area contributed by atoms with Gasteiger partial charge in [0.1, 0.15) is 5.75 Å². The molecule has 0 saturated carbocycles.